The third-order valence-electron chi connectivity index (χ3n) is 2.33. The maximum atomic E-state index is 12.0. The van der Waals surface area contributed by atoms with E-state index in [-0.39, 0.29) is 5.91 Å². The zero-order valence-corrected chi connectivity index (χ0v) is 10.1. The van der Waals surface area contributed by atoms with Gasteiger partial charge in [0.2, 0.25) is 0 Å². The molecule has 0 N–H and O–H groups in total. The van der Waals surface area contributed by atoms with Crippen LogP contribution in [0.3, 0.4) is 0 Å². The number of nitrogens with zero attached hydrogens (tertiary/aromatic N) is 1. The highest BCUT2D eigenvalue weighted by Gasteiger charge is 2.22. The maximum Gasteiger partial charge on any atom is 0.278 e. The predicted molar refractivity (Wildman–Crippen MR) is 60.5 cm³/mol. The van der Waals surface area contributed by atoms with Crippen LogP contribution in [0.2, 0.25) is 0 Å². The number of hydrogen-bond acceptors (Lipinski definition) is 2. The summed E-state index contributed by atoms with van der Waals surface area (Å²) in [7, 11) is 0. The molecule has 15 heavy (non-hydrogen) atoms. The van der Waals surface area contributed by atoms with Gasteiger partial charge < -0.3 is 0 Å². The molecule has 0 bridgehead atoms. The number of hydrogen-bond donors (Lipinski definition) is 0. The van der Waals surface area contributed by atoms with E-state index in [0.717, 1.165) is 16.5 Å². The van der Waals surface area contributed by atoms with E-state index in [9.17, 15) is 4.79 Å². The lowest BCUT2D eigenvalue weighted by molar-refractivity contribution is -0.0769. The van der Waals surface area contributed by atoms with Gasteiger partial charge in [-0.15, -0.1) is 0 Å². The number of benzene rings is 1. The summed E-state index contributed by atoms with van der Waals surface area (Å²) in [6.07, 6.45) is 0.912. The summed E-state index contributed by atoms with van der Waals surface area (Å²) in [6, 6.07) is 5.72. The molecule has 4 heteroatoms. The molecule has 0 aliphatic carbocycles. The number of aryl methyl sites for hydroxylation is 1. The Morgan fingerprint density at radius 1 is 1.53 bits per heavy atom. The summed E-state index contributed by atoms with van der Waals surface area (Å²) >= 11 is 3.38. The van der Waals surface area contributed by atoms with Crippen molar-refractivity contribution in [2.75, 3.05) is 13.2 Å². The Morgan fingerprint density at radius 2 is 2.33 bits per heavy atom. The van der Waals surface area contributed by atoms with E-state index >= 15 is 0 Å². The summed E-state index contributed by atoms with van der Waals surface area (Å²) in [6.45, 7) is 3.28. The highest BCUT2D eigenvalue weighted by molar-refractivity contribution is 9.10. The molecule has 0 atom stereocenters. The van der Waals surface area contributed by atoms with Crippen LogP contribution in [0.1, 0.15) is 22.3 Å². The normalized spacial score (nSPS) is 15.7. The van der Waals surface area contributed by atoms with Crippen molar-refractivity contribution in [1.82, 2.24) is 5.06 Å². The third kappa shape index (κ3) is 2.21. The highest BCUT2D eigenvalue weighted by atomic mass is 79.9. The highest BCUT2D eigenvalue weighted by Crippen LogP contribution is 2.21. The van der Waals surface area contributed by atoms with E-state index in [0.29, 0.717) is 18.7 Å². The Balaban J connectivity index is 2.27. The van der Waals surface area contributed by atoms with Crippen LogP contribution in [0.25, 0.3) is 0 Å². The molecular weight excluding hydrogens is 258 g/mol. The van der Waals surface area contributed by atoms with Gasteiger partial charge in [0.05, 0.1) is 18.7 Å². The number of rotatable bonds is 1. The van der Waals surface area contributed by atoms with Gasteiger partial charge in [-0.1, -0.05) is 11.6 Å². The molecule has 1 aliphatic heterocycles. The van der Waals surface area contributed by atoms with Crippen molar-refractivity contribution in [2.24, 2.45) is 0 Å². The zero-order valence-electron chi connectivity index (χ0n) is 8.50. The predicted octanol–water partition coefficient (Wildman–Crippen LogP) is 2.54. The van der Waals surface area contributed by atoms with Gasteiger partial charge in [0.15, 0.2) is 0 Å². The molecule has 1 amide bonds. The Labute approximate surface area is 97.1 Å². The second-order valence-electron chi connectivity index (χ2n) is 3.58. The van der Waals surface area contributed by atoms with E-state index in [1.807, 2.05) is 25.1 Å². The van der Waals surface area contributed by atoms with Gasteiger partial charge >= 0.3 is 0 Å². The first-order valence-corrected chi connectivity index (χ1v) is 5.69. The molecule has 0 unspecified atom stereocenters. The second kappa shape index (κ2) is 4.33. The van der Waals surface area contributed by atoms with Crippen LogP contribution in [0.15, 0.2) is 22.7 Å². The first-order valence-electron chi connectivity index (χ1n) is 4.89. The molecule has 0 aromatic heterocycles. The van der Waals surface area contributed by atoms with Gasteiger partial charge in [0, 0.05) is 4.47 Å². The molecule has 1 saturated heterocycles. The van der Waals surface area contributed by atoms with Gasteiger partial charge in [-0.25, -0.2) is 5.06 Å². The average Bonchev–Trinajstić information content (AvgIpc) is 2.74. The molecule has 1 fully saturated rings. The largest absolute Gasteiger partial charge is 0.278 e. The van der Waals surface area contributed by atoms with Gasteiger partial charge in [-0.3, -0.25) is 9.63 Å². The summed E-state index contributed by atoms with van der Waals surface area (Å²) in [5, 5.41) is 1.43. The molecule has 1 aromatic rings. The first-order chi connectivity index (χ1) is 7.18. The third-order valence-corrected chi connectivity index (χ3v) is 3.02. The zero-order chi connectivity index (χ0) is 10.8. The van der Waals surface area contributed by atoms with Crippen molar-refractivity contribution in [2.45, 2.75) is 13.3 Å². The Morgan fingerprint density at radius 3 is 3.00 bits per heavy atom. The number of hydroxylamine groups is 2. The minimum absolute atomic E-state index is 0.0666. The van der Waals surface area contributed by atoms with Crippen LogP contribution >= 0.6 is 15.9 Å². The first kappa shape index (κ1) is 10.6. The summed E-state index contributed by atoms with van der Waals surface area (Å²) in [5.74, 6) is -0.0666. The molecule has 80 valence electrons. The Hall–Kier alpha value is -0.870. The molecule has 1 aromatic carbocycles. The van der Waals surface area contributed by atoms with E-state index in [1.165, 1.54) is 5.06 Å². The lowest BCUT2D eigenvalue weighted by Crippen LogP contribution is -2.26. The fraction of sp³-hybridized carbons (Fsp3) is 0.364. The fourth-order valence-corrected chi connectivity index (χ4v) is 1.96. The SMILES string of the molecule is Cc1ccc(Br)c(C(=O)N2CCCO2)c1. The molecule has 0 spiro atoms. The van der Waals surface area contributed by atoms with E-state index in [1.54, 1.807) is 0 Å². The maximum absolute atomic E-state index is 12.0. The standard InChI is InChI=1S/C11H12BrNO2/c1-8-3-4-10(12)9(7-8)11(14)13-5-2-6-15-13/h3-4,7H,2,5-6H2,1H3. The monoisotopic (exact) mass is 269 g/mol. The van der Waals surface area contributed by atoms with Gasteiger partial charge in [0.1, 0.15) is 0 Å². The number of halogens is 1. The topological polar surface area (TPSA) is 29.5 Å². The Kier molecular flexibility index (Phi) is 3.07. The fourth-order valence-electron chi connectivity index (χ4n) is 1.54. The molecule has 3 nitrogen and oxygen atoms in total. The van der Waals surface area contributed by atoms with Crippen LogP contribution < -0.4 is 0 Å². The number of amides is 1. The van der Waals surface area contributed by atoms with Gasteiger partial charge in [-0.2, -0.15) is 0 Å². The number of carbonyl (C=O) groups is 1. The molecule has 0 radical (unpaired) electrons. The summed E-state index contributed by atoms with van der Waals surface area (Å²) in [5.41, 5.74) is 1.73. The van der Waals surface area contributed by atoms with E-state index in [2.05, 4.69) is 15.9 Å². The average molecular weight is 270 g/mol. The second-order valence-corrected chi connectivity index (χ2v) is 4.43. The summed E-state index contributed by atoms with van der Waals surface area (Å²) < 4.78 is 0.814. The van der Waals surface area contributed by atoms with Crippen LogP contribution in [-0.2, 0) is 4.84 Å². The lowest BCUT2D eigenvalue weighted by atomic mass is 10.1. The van der Waals surface area contributed by atoms with E-state index < -0.39 is 0 Å². The van der Waals surface area contributed by atoms with Crippen molar-refractivity contribution in [1.29, 1.82) is 0 Å². The lowest BCUT2D eigenvalue weighted by Gasteiger charge is -2.15. The van der Waals surface area contributed by atoms with Crippen molar-refractivity contribution in [3.8, 4) is 0 Å². The molecule has 2 rings (SSSR count). The number of carbonyl (C=O) groups excluding carboxylic acids is 1. The minimum atomic E-state index is -0.0666. The minimum Gasteiger partial charge on any atom is -0.271 e. The van der Waals surface area contributed by atoms with Crippen molar-refractivity contribution in [3.05, 3.63) is 33.8 Å². The summed E-state index contributed by atoms with van der Waals surface area (Å²) in [4.78, 5) is 17.2. The van der Waals surface area contributed by atoms with Crippen LogP contribution in [0, 0.1) is 6.92 Å². The van der Waals surface area contributed by atoms with Crippen molar-refractivity contribution in [3.63, 3.8) is 0 Å². The molecule has 0 saturated carbocycles. The van der Waals surface area contributed by atoms with Gasteiger partial charge in [0.25, 0.3) is 5.91 Å². The van der Waals surface area contributed by atoms with Crippen LogP contribution in [0.4, 0.5) is 0 Å². The quantitative estimate of drug-likeness (QED) is 0.784. The molecule has 1 aliphatic rings. The molecular formula is C11H12BrNO2. The van der Waals surface area contributed by atoms with Crippen LogP contribution in [-0.4, -0.2) is 24.1 Å². The Bertz CT molecular complexity index is 386. The van der Waals surface area contributed by atoms with E-state index in [4.69, 9.17) is 4.84 Å². The van der Waals surface area contributed by atoms with Crippen molar-refractivity contribution >= 4 is 21.8 Å². The van der Waals surface area contributed by atoms with Crippen molar-refractivity contribution < 1.29 is 9.63 Å². The molecule has 1 heterocycles. The van der Waals surface area contributed by atoms with Gasteiger partial charge in [-0.05, 0) is 41.4 Å². The smallest absolute Gasteiger partial charge is 0.271 e. The van der Waals surface area contributed by atoms with Crippen LogP contribution in [0.5, 0.6) is 0 Å².